The number of hydrogen-bond acceptors (Lipinski definition) is 1. The molecule has 3 saturated heterocycles. The summed E-state index contributed by atoms with van der Waals surface area (Å²) in [5, 5.41) is 4.56. The first-order valence-corrected chi connectivity index (χ1v) is 6.92. The van der Waals surface area contributed by atoms with Gasteiger partial charge in [-0.15, -0.1) is 12.1 Å². The maximum atomic E-state index is 4.56. The normalized spacial score (nSPS) is 23.2. The molecule has 0 amide bonds. The van der Waals surface area contributed by atoms with Gasteiger partial charge in [-0.2, -0.15) is 0 Å². The van der Waals surface area contributed by atoms with Crippen molar-refractivity contribution in [1.29, 1.82) is 0 Å². The van der Waals surface area contributed by atoms with Gasteiger partial charge in [0, 0.05) is 51.5 Å². The van der Waals surface area contributed by atoms with E-state index in [1.165, 1.54) is 12.1 Å². The van der Waals surface area contributed by atoms with Crippen molar-refractivity contribution in [3.8, 4) is 0 Å². The van der Waals surface area contributed by atoms with Gasteiger partial charge >= 0.3 is 0 Å². The van der Waals surface area contributed by atoms with Crippen molar-refractivity contribution in [1.82, 2.24) is 0 Å². The van der Waals surface area contributed by atoms with Gasteiger partial charge in [0.15, 0.2) is 0 Å². The summed E-state index contributed by atoms with van der Waals surface area (Å²) in [6.45, 7) is 10.3. The van der Waals surface area contributed by atoms with E-state index >= 15 is 0 Å². The SMILES string of the molecule is CC.CC.[Y].c1ccc(N2CC3CC(C2)[N-]3)cc1. The van der Waals surface area contributed by atoms with Gasteiger partial charge in [-0.25, -0.2) is 0 Å². The Bertz CT molecular complexity index is 287. The van der Waals surface area contributed by atoms with Crippen LogP contribution in [0.15, 0.2) is 30.3 Å². The van der Waals surface area contributed by atoms with Crippen LogP contribution in [0.1, 0.15) is 34.1 Å². The molecule has 0 aliphatic carbocycles. The summed E-state index contributed by atoms with van der Waals surface area (Å²) in [5.41, 5.74) is 1.35. The predicted molar refractivity (Wildman–Crippen MR) is 76.9 cm³/mol. The van der Waals surface area contributed by atoms with Gasteiger partial charge in [0.2, 0.25) is 0 Å². The molecule has 1 radical (unpaired) electrons. The molecule has 4 rings (SSSR count). The smallest absolute Gasteiger partial charge is 0.0365 e. The molecule has 2 atom stereocenters. The van der Waals surface area contributed by atoms with Gasteiger partial charge in [0.05, 0.1) is 0 Å². The molecule has 0 spiro atoms. The maximum Gasteiger partial charge on any atom is 0.0365 e. The molecule has 0 saturated carbocycles. The van der Waals surface area contributed by atoms with Gasteiger partial charge in [0.1, 0.15) is 0 Å². The van der Waals surface area contributed by atoms with Gasteiger partial charge in [-0.1, -0.05) is 52.3 Å². The van der Waals surface area contributed by atoms with Crippen LogP contribution in [0.25, 0.3) is 5.32 Å². The maximum absolute atomic E-state index is 4.56. The first-order valence-electron chi connectivity index (χ1n) is 6.92. The monoisotopic (exact) mass is 322 g/mol. The Labute approximate surface area is 137 Å². The van der Waals surface area contributed by atoms with Gasteiger partial charge in [0.25, 0.3) is 0 Å². The zero-order valence-corrected chi connectivity index (χ0v) is 15.0. The van der Waals surface area contributed by atoms with Crippen molar-refractivity contribution in [3.05, 3.63) is 35.6 Å². The average Bonchev–Trinajstić information content (AvgIpc) is 2.44. The Kier molecular flexibility index (Phi) is 9.99. The predicted octanol–water partition coefficient (Wildman–Crippen LogP) is 4.07. The van der Waals surface area contributed by atoms with Crippen LogP contribution in [0.4, 0.5) is 5.69 Å². The molecule has 0 N–H and O–H groups in total. The molecule has 2 nitrogen and oxygen atoms in total. The van der Waals surface area contributed by atoms with Crippen LogP contribution in [0.3, 0.4) is 0 Å². The van der Waals surface area contributed by atoms with E-state index in [1.807, 2.05) is 27.7 Å². The molecule has 2 bridgehead atoms. The fourth-order valence-corrected chi connectivity index (χ4v) is 2.27. The topological polar surface area (TPSA) is 17.3 Å². The van der Waals surface area contributed by atoms with Crippen LogP contribution in [-0.2, 0) is 32.7 Å². The van der Waals surface area contributed by atoms with Crippen molar-refractivity contribution in [2.24, 2.45) is 0 Å². The molecular weight excluding hydrogens is 297 g/mol. The Morgan fingerprint density at radius 3 is 1.83 bits per heavy atom. The van der Waals surface area contributed by atoms with Gasteiger partial charge in [-0.05, 0) is 12.1 Å². The van der Waals surface area contributed by atoms with Crippen LogP contribution < -0.4 is 4.90 Å². The van der Waals surface area contributed by atoms with E-state index in [4.69, 9.17) is 0 Å². The molecule has 1 aromatic carbocycles. The van der Waals surface area contributed by atoms with E-state index in [2.05, 4.69) is 40.5 Å². The quantitative estimate of drug-likeness (QED) is 0.762. The van der Waals surface area contributed by atoms with E-state index in [0.717, 1.165) is 13.1 Å². The number of anilines is 1. The van der Waals surface area contributed by atoms with E-state index < -0.39 is 0 Å². The number of piperazine rings is 1. The number of para-hydroxylation sites is 1. The molecule has 3 heteroatoms. The number of rotatable bonds is 1. The summed E-state index contributed by atoms with van der Waals surface area (Å²) < 4.78 is 0. The Balaban J connectivity index is 0.000000531. The molecule has 18 heavy (non-hydrogen) atoms. The Morgan fingerprint density at radius 2 is 1.39 bits per heavy atom. The standard InChI is InChI=1S/C11H13N2.2C2H6.Y/c1-2-4-11(5-3-1)13-7-9-6-10(8-13)12-9;2*1-2;/h1-5,9-10H,6-8H2;2*1-2H3;/q-1;;;. The van der Waals surface area contributed by atoms with Crippen molar-refractivity contribution >= 4 is 5.69 Å². The molecule has 3 fully saturated rings. The number of piperidine rings is 1. The second kappa shape index (κ2) is 9.94. The number of nitrogens with zero attached hydrogens (tertiary/aromatic N) is 2. The molecular formula is C15H25N2Y-. The minimum atomic E-state index is 0. The van der Waals surface area contributed by atoms with E-state index in [9.17, 15) is 0 Å². The first-order chi connectivity index (χ1) is 8.42. The van der Waals surface area contributed by atoms with Gasteiger partial charge in [-0.3, -0.25) is 0 Å². The summed E-state index contributed by atoms with van der Waals surface area (Å²) in [6, 6.07) is 11.9. The minimum absolute atomic E-state index is 0. The molecule has 99 valence electrons. The average molecular weight is 322 g/mol. The van der Waals surface area contributed by atoms with Gasteiger partial charge < -0.3 is 10.2 Å². The summed E-state index contributed by atoms with van der Waals surface area (Å²) in [5.74, 6) is 0. The van der Waals surface area contributed by atoms with Crippen LogP contribution in [0.5, 0.6) is 0 Å². The molecule has 3 aliphatic rings. The van der Waals surface area contributed by atoms with Crippen LogP contribution in [0.2, 0.25) is 0 Å². The van der Waals surface area contributed by atoms with Crippen LogP contribution >= 0.6 is 0 Å². The summed E-state index contributed by atoms with van der Waals surface area (Å²) in [7, 11) is 0. The number of hydrogen-bond donors (Lipinski definition) is 0. The van der Waals surface area contributed by atoms with Crippen molar-refractivity contribution in [2.75, 3.05) is 18.0 Å². The van der Waals surface area contributed by atoms with E-state index in [0.29, 0.717) is 12.1 Å². The first kappa shape index (κ1) is 18.1. The van der Waals surface area contributed by atoms with Crippen LogP contribution in [0, 0.1) is 0 Å². The fraction of sp³-hybridized carbons (Fsp3) is 0.600. The zero-order valence-electron chi connectivity index (χ0n) is 12.1. The number of fused-ring (bicyclic) bond motifs is 2. The molecule has 3 aliphatic heterocycles. The summed E-state index contributed by atoms with van der Waals surface area (Å²) >= 11 is 0. The summed E-state index contributed by atoms with van der Waals surface area (Å²) in [4.78, 5) is 2.45. The van der Waals surface area contributed by atoms with Crippen LogP contribution in [-0.4, -0.2) is 25.2 Å². The second-order valence-electron chi connectivity index (χ2n) is 3.93. The largest absolute Gasteiger partial charge is 0.654 e. The van der Waals surface area contributed by atoms with Crippen molar-refractivity contribution in [2.45, 2.75) is 46.2 Å². The van der Waals surface area contributed by atoms with E-state index in [-0.39, 0.29) is 32.7 Å². The van der Waals surface area contributed by atoms with E-state index in [1.54, 1.807) is 0 Å². The zero-order chi connectivity index (χ0) is 12.7. The fourth-order valence-electron chi connectivity index (χ4n) is 2.27. The third-order valence-electron chi connectivity index (χ3n) is 2.95. The molecule has 0 aromatic heterocycles. The van der Waals surface area contributed by atoms with Crippen molar-refractivity contribution in [3.63, 3.8) is 0 Å². The minimum Gasteiger partial charge on any atom is -0.654 e. The molecule has 3 heterocycles. The Hall–Kier alpha value is 0.0839. The summed E-state index contributed by atoms with van der Waals surface area (Å²) in [6.07, 6.45) is 1.32. The second-order valence-corrected chi connectivity index (χ2v) is 3.93. The third kappa shape index (κ3) is 4.64. The third-order valence-corrected chi connectivity index (χ3v) is 2.95. The Morgan fingerprint density at radius 1 is 0.944 bits per heavy atom. The molecule has 1 aromatic rings. The molecule has 2 unspecified atom stereocenters. The van der Waals surface area contributed by atoms with Crippen molar-refractivity contribution < 1.29 is 32.7 Å². The number of benzene rings is 1.